The summed E-state index contributed by atoms with van der Waals surface area (Å²) in [5.41, 5.74) is 4.83. The number of ether oxygens (including phenoxy) is 1. The normalized spacial score (nSPS) is 19.6. The Morgan fingerprint density at radius 2 is 1.82 bits per heavy atom. The van der Waals surface area contributed by atoms with Gasteiger partial charge in [0.2, 0.25) is 0 Å². The van der Waals surface area contributed by atoms with Gasteiger partial charge in [-0.1, -0.05) is 43.7 Å². The Kier molecular flexibility index (Phi) is 7.41. The number of hydrogen-bond acceptors (Lipinski definition) is 3. The van der Waals surface area contributed by atoms with Gasteiger partial charge >= 0.3 is 0 Å². The Balaban J connectivity index is 1.69. The lowest BCUT2D eigenvalue weighted by molar-refractivity contribution is -0.112. The van der Waals surface area contributed by atoms with Crippen LogP contribution in [-0.4, -0.2) is 26.2 Å². The van der Waals surface area contributed by atoms with Gasteiger partial charge in [-0.2, -0.15) is 0 Å². The van der Waals surface area contributed by atoms with Gasteiger partial charge in [0, 0.05) is 24.7 Å². The van der Waals surface area contributed by atoms with Gasteiger partial charge in [0.15, 0.2) is 0 Å². The van der Waals surface area contributed by atoms with E-state index < -0.39 is 0 Å². The number of carbonyl (C=O) groups excluding carboxylic acids is 1. The fraction of sp³-hybridized carbons (Fsp3) is 0.440. The molecule has 0 bridgehead atoms. The molecule has 1 aliphatic rings. The molecule has 0 aromatic heterocycles. The molecule has 0 heterocycles. The molecule has 0 aliphatic heterocycles. The number of aryl methyl sites for hydroxylation is 1. The molecular weight excluding hydrogens is 346 g/mol. The van der Waals surface area contributed by atoms with Gasteiger partial charge < -0.3 is 9.53 Å². The number of benzene rings is 2. The maximum absolute atomic E-state index is 10.9. The second-order valence-electron chi connectivity index (χ2n) is 7.81. The van der Waals surface area contributed by atoms with E-state index >= 15 is 0 Å². The van der Waals surface area contributed by atoms with Crippen LogP contribution in [0.4, 0.5) is 0 Å². The number of carbonyl (C=O) groups is 1. The summed E-state index contributed by atoms with van der Waals surface area (Å²) in [6.07, 6.45) is 9.44. The standard InChI is InChI=1S/C25H31NO2/c1-3-4-19-9-11-22(12-10-19)25-14-13-24(15-23(25)16-26-2)28-18-21-7-5-20(17-27)6-8-21/h9-17,20-21H,3-8,18H2,1-2H3. The number of aliphatic imine (C=N–C) groups is 1. The highest BCUT2D eigenvalue weighted by molar-refractivity contribution is 5.91. The van der Waals surface area contributed by atoms with Gasteiger partial charge in [0.1, 0.15) is 12.0 Å². The molecule has 3 heteroatoms. The fourth-order valence-corrected chi connectivity index (χ4v) is 3.98. The van der Waals surface area contributed by atoms with Crippen molar-refractivity contribution in [2.24, 2.45) is 16.8 Å². The third-order valence-electron chi connectivity index (χ3n) is 5.66. The molecule has 1 saturated carbocycles. The second kappa shape index (κ2) is 10.2. The van der Waals surface area contributed by atoms with E-state index in [2.05, 4.69) is 54.4 Å². The molecule has 1 aliphatic carbocycles. The van der Waals surface area contributed by atoms with Crippen molar-refractivity contribution in [2.75, 3.05) is 13.7 Å². The van der Waals surface area contributed by atoms with Gasteiger partial charge in [0.25, 0.3) is 0 Å². The summed E-state index contributed by atoms with van der Waals surface area (Å²) in [5, 5.41) is 0. The van der Waals surface area contributed by atoms with Gasteiger partial charge in [0.05, 0.1) is 6.61 Å². The molecule has 0 amide bonds. The first-order valence-corrected chi connectivity index (χ1v) is 10.5. The molecule has 0 unspecified atom stereocenters. The van der Waals surface area contributed by atoms with Crippen LogP contribution >= 0.6 is 0 Å². The highest BCUT2D eigenvalue weighted by Gasteiger charge is 2.21. The van der Waals surface area contributed by atoms with Crippen molar-refractivity contribution >= 4 is 12.5 Å². The van der Waals surface area contributed by atoms with Gasteiger partial charge in [-0.25, -0.2) is 0 Å². The zero-order valence-corrected chi connectivity index (χ0v) is 17.1. The summed E-state index contributed by atoms with van der Waals surface area (Å²) in [4.78, 5) is 15.1. The monoisotopic (exact) mass is 377 g/mol. The average Bonchev–Trinajstić information content (AvgIpc) is 2.74. The Morgan fingerprint density at radius 1 is 1.07 bits per heavy atom. The number of rotatable bonds is 8. The molecule has 0 radical (unpaired) electrons. The highest BCUT2D eigenvalue weighted by atomic mass is 16.5. The first-order valence-electron chi connectivity index (χ1n) is 10.5. The summed E-state index contributed by atoms with van der Waals surface area (Å²) in [6.45, 7) is 2.93. The fourth-order valence-electron chi connectivity index (χ4n) is 3.98. The molecule has 0 saturated heterocycles. The van der Waals surface area contributed by atoms with Crippen molar-refractivity contribution in [3.63, 3.8) is 0 Å². The maximum Gasteiger partial charge on any atom is 0.123 e. The summed E-state index contributed by atoms with van der Waals surface area (Å²) in [5.74, 6) is 1.69. The lowest BCUT2D eigenvalue weighted by atomic mass is 9.83. The van der Waals surface area contributed by atoms with E-state index in [4.69, 9.17) is 4.74 Å². The van der Waals surface area contributed by atoms with E-state index in [1.165, 1.54) is 16.7 Å². The first kappa shape index (κ1) is 20.3. The smallest absolute Gasteiger partial charge is 0.123 e. The van der Waals surface area contributed by atoms with Crippen LogP contribution in [0.5, 0.6) is 5.75 Å². The molecular formula is C25H31NO2. The van der Waals surface area contributed by atoms with E-state index in [9.17, 15) is 4.79 Å². The van der Waals surface area contributed by atoms with Gasteiger partial charge in [-0.05, 0) is 66.8 Å². The average molecular weight is 378 g/mol. The molecule has 0 spiro atoms. The quantitative estimate of drug-likeness (QED) is 0.435. The van der Waals surface area contributed by atoms with Crippen LogP contribution in [-0.2, 0) is 11.2 Å². The van der Waals surface area contributed by atoms with Crippen molar-refractivity contribution in [1.29, 1.82) is 0 Å². The lowest BCUT2D eigenvalue weighted by Crippen LogP contribution is -2.20. The Hall–Kier alpha value is -2.42. The van der Waals surface area contributed by atoms with Crippen molar-refractivity contribution in [2.45, 2.75) is 45.4 Å². The van der Waals surface area contributed by atoms with Crippen molar-refractivity contribution in [1.82, 2.24) is 0 Å². The van der Waals surface area contributed by atoms with E-state index in [0.717, 1.165) is 62.7 Å². The van der Waals surface area contributed by atoms with Crippen LogP contribution in [0.1, 0.15) is 50.2 Å². The molecule has 148 valence electrons. The van der Waals surface area contributed by atoms with E-state index in [-0.39, 0.29) is 5.92 Å². The van der Waals surface area contributed by atoms with Crippen LogP contribution in [0, 0.1) is 11.8 Å². The highest BCUT2D eigenvalue weighted by Crippen LogP contribution is 2.30. The topological polar surface area (TPSA) is 38.7 Å². The molecule has 2 aromatic rings. The lowest BCUT2D eigenvalue weighted by Gasteiger charge is -2.25. The summed E-state index contributed by atoms with van der Waals surface area (Å²) in [7, 11) is 1.80. The Morgan fingerprint density at radius 3 is 2.46 bits per heavy atom. The van der Waals surface area contributed by atoms with Gasteiger partial charge in [-0.3, -0.25) is 4.99 Å². The predicted molar refractivity (Wildman–Crippen MR) is 116 cm³/mol. The zero-order valence-electron chi connectivity index (χ0n) is 17.1. The Bertz CT molecular complexity index is 787. The van der Waals surface area contributed by atoms with E-state index in [1.54, 1.807) is 7.05 Å². The largest absolute Gasteiger partial charge is 0.493 e. The number of aldehydes is 1. The minimum atomic E-state index is 0.256. The summed E-state index contributed by atoms with van der Waals surface area (Å²) < 4.78 is 6.09. The minimum Gasteiger partial charge on any atom is -0.493 e. The molecule has 1 fully saturated rings. The van der Waals surface area contributed by atoms with Crippen molar-refractivity contribution in [3.8, 4) is 16.9 Å². The summed E-state index contributed by atoms with van der Waals surface area (Å²) >= 11 is 0. The Labute approximate surface area is 168 Å². The zero-order chi connectivity index (χ0) is 19.8. The van der Waals surface area contributed by atoms with Crippen LogP contribution in [0.25, 0.3) is 11.1 Å². The predicted octanol–water partition coefficient (Wildman–Crippen LogP) is 5.74. The third-order valence-corrected chi connectivity index (χ3v) is 5.66. The third kappa shape index (κ3) is 5.31. The van der Waals surface area contributed by atoms with Crippen LogP contribution in [0.3, 0.4) is 0 Å². The minimum absolute atomic E-state index is 0.256. The van der Waals surface area contributed by atoms with E-state index in [0.29, 0.717) is 5.92 Å². The molecule has 28 heavy (non-hydrogen) atoms. The molecule has 0 atom stereocenters. The molecule has 0 N–H and O–H groups in total. The van der Waals surface area contributed by atoms with Gasteiger partial charge in [-0.15, -0.1) is 0 Å². The number of nitrogens with zero attached hydrogens (tertiary/aromatic N) is 1. The summed E-state index contributed by atoms with van der Waals surface area (Å²) in [6, 6.07) is 15.1. The first-order chi connectivity index (χ1) is 13.7. The van der Waals surface area contributed by atoms with E-state index in [1.807, 2.05) is 6.21 Å². The van der Waals surface area contributed by atoms with Crippen molar-refractivity contribution in [3.05, 3.63) is 53.6 Å². The molecule has 3 rings (SSSR count). The van der Waals surface area contributed by atoms with Crippen LogP contribution < -0.4 is 4.74 Å². The number of hydrogen-bond donors (Lipinski definition) is 0. The maximum atomic E-state index is 10.9. The van der Waals surface area contributed by atoms with Crippen molar-refractivity contribution < 1.29 is 9.53 Å². The molecule has 2 aromatic carbocycles. The van der Waals surface area contributed by atoms with Crippen LogP contribution in [0.2, 0.25) is 0 Å². The van der Waals surface area contributed by atoms with Crippen LogP contribution in [0.15, 0.2) is 47.5 Å². The second-order valence-corrected chi connectivity index (χ2v) is 7.81. The molecule has 3 nitrogen and oxygen atoms in total. The SMILES string of the molecule is CCCc1ccc(-c2ccc(OCC3CCC(C=O)CC3)cc2C=NC)cc1.